The van der Waals surface area contributed by atoms with Gasteiger partial charge in [-0.25, -0.2) is 9.50 Å². The second kappa shape index (κ2) is 8.76. The normalized spacial score (nSPS) is 16.6. The number of rotatable bonds is 7. The molecule has 0 bridgehead atoms. The Kier molecular flexibility index (Phi) is 6.35. The van der Waals surface area contributed by atoms with Gasteiger partial charge < -0.3 is 10.2 Å². The molecule has 156 valence electrons. The van der Waals surface area contributed by atoms with Gasteiger partial charge in [0.1, 0.15) is 0 Å². The molecule has 2 aromatic rings. The fourth-order valence-electron chi connectivity index (χ4n) is 3.99. The lowest BCUT2D eigenvalue weighted by atomic mass is 10.1. The highest BCUT2D eigenvalue weighted by molar-refractivity contribution is 5.78. The number of hydrogen-bond acceptors (Lipinski definition) is 4. The van der Waals surface area contributed by atoms with Gasteiger partial charge in [-0.2, -0.15) is 5.10 Å². The van der Waals surface area contributed by atoms with Gasteiger partial charge in [-0.1, -0.05) is 19.9 Å². The summed E-state index contributed by atoms with van der Waals surface area (Å²) in [5.74, 6) is 0.476. The number of aromatic nitrogens is 3. The molecule has 1 atom stereocenters. The van der Waals surface area contributed by atoms with E-state index < -0.39 is 0 Å². The average Bonchev–Trinajstić information content (AvgIpc) is 3.32. The molecule has 0 radical (unpaired) electrons. The first-order valence-corrected chi connectivity index (χ1v) is 10.3. The van der Waals surface area contributed by atoms with Gasteiger partial charge in [0.25, 0.3) is 0 Å². The lowest BCUT2D eigenvalue weighted by Crippen LogP contribution is -2.32. The number of hydrogen-bond donors (Lipinski definition) is 1. The quantitative estimate of drug-likeness (QED) is 0.728. The predicted molar refractivity (Wildman–Crippen MR) is 113 cm³/mol. The molecule has 7 heteroatoms. The zero-order valence-electron chi connectivity index (χ0n) is 17.9. The number of amides is 2. The Hall–Kier alpha value is -2.70. The van der Waals surface area contributed by atoms with E-state index in [1.54, 1.807) is 6.08 Å². The molecule has 29 heavy (non-hydrogen) atoms. The summed E-state index contributed by atoms with van der Waals surface area (Å²) in [5, 5.41) is 7.62. The topological polar surface area (TPSA) is 79.6 Å². The summed E-state index contributed by atoms with van der Waals surface area (Å²) in [6, 6.07) is 2.04. The highest BCUT2D eigenvalue weighted by Crippen LogP contribution is 2.28. The molecule has 0 aromatic carbocycles. The van der Waals surface area contributed by atoms with E-state index in [1.807, 2.05) is 43.2 Å². The summed E-state index contributed by atoms with van der Waals surface area (Å²) in [4.78, 5) is 30.9. The third-order valence-corrected chi connectivity index (χ3v) is 5.64. The van der Waals surface area contributed by atoms with Crippen LogP contribution in [-0.2, 0) is 16.0 Å². The van der Waals surface area contributed by atoms with E-state index in [0.717, 1.165) is 47.8 Å². The molecular formula is C22H31N5O2. The van der Waals surface area contributed by atoms with Crippen LogP contribution in [0.15, 0.2) is 18.7 Å². The molecule has 2 amide bonds. The van der Waals surface area contributed by atoms with Crippen LogP contribution in [0.2, 0.25) is 0 Å². The summed E-state index contributed by atoms with van der Waals surface area (Å²) in [6.45, 7) is 13.5. The summed E-state index contributed by atoms with van der Waals surface area (Å²) >= 11 is 0. The van der Waals surface area contributed by atoms with E-state index in [9.17, 15) is 9.59 Å². The summed E-state index contributed by atoms with van der Waals surface area (Å²) in [6.07, 6.45) is 3.63. The van der Waals surface area contributed by atoms with Crippen LogP contribution < -0.4 is 5.32 Å². The predicted octanol–water partition coefficient (Wildman–Crippen LogP) is 2.55. The van der Waals surface area contributed by atoms with Crippen molar-refractivity contribution >= 4 is 17.5 Å². The van der Waals surface area contributed by atoms with Crippen LogP contribution >= 0.6 is 0 Å². The smallest absolute Gasteiger partial charge is 0.225 e. The van der Waals surface area contributed by atoms with Gasteiger partial charge in [0.05, 0.1) is 5.69 Å². The molecule has 0 unspecified atom stereocenters. The summed E-state index contributed by atoms with van der Waals surface area (Å²) in [7, 11) is 0. The van der Waals surface area contributed by atoms with Crippen molar-refractivity contribution in [2.45, 2.75) is 52.9 Å². The maximum atomic E-state index is 12.3. The summed E-state index contributed by atoms with van der Waals surface area (Å²) < 4.78 is 1.88. The van der Waals surface area contributed by atoms with Crippen molar-refractivity contribution in [2.24, 2.45) is 5.92 Å². The number of aryl methyl sites for hydroxylation is 2. The number of nitrogens with zero attached hydrogens (tertiary/aromatic N) is 4. The second-order valence-electron chi connectivity index (χ2n) is 8.12. The van der Waals surface area contributed by atoms with E-state index in [0.29, 0.717) is 19.4 Å². The van der Waals surface area contributed by atoms with Crippen molar-refractivity contribution in [2.75, 3.05) is 19.6 Å². The Bertz CT molecular complexity index is 931. The van der Waals surface area contributed by atoms with Crippen molar-refractivity contribution in [1.29, 1.82) is 0 Å². The Balaban J connectivity index is 1.78. The SMILES string of the molecule is C=CCNC(=O)CCc1c(C)nc2cc([C@@H]3CCN(C(=O)C(C)C)C3)nn2c1C. The molecule has 1 N–H and O–H groups in total. The molecule has 0 saturated carbocycles. The van der Waals surface area contributed by atoms with Crippen LogP contribution in [0, 0.1) is 19.8 Å². The number of carbonyl (C=O) groups excluding carboxylic acids is 2. The van der Waals surface area contributed by atoms with Crippen molar-refractivity contribution in [1.82, 2.24) is 24.8 Å². The Morgan fingerprint density at radius 2 is 2.14 bits per heavy atom. The van der Waals surface area contributed by atoms with Crippen LogP contribution in [-0.4, -0.2) is 50.9 Å². The second-order valence-corrected chi connectivity index (χ2v) is 8.12. The molecule has 1 fully saturated rings. The lowest BCUT2D eigenvalue weighted by Gasteiger charge is -2.18. The minimum atomic E-state index is 0.00539. The van der Waals surface area contributed by atoms with Gasteiger partial charge in [-0.3, -0.25) is 9.59 Å². The monoisotopic (exact) mass is 397 g/mol. The lowest BCUT2D eigenvalue weighted by molar-refractivity contribution is -0.133. The van der Waals surface area contributed by atoms with E-state index in [-0.39, 0.29) is 23.7 Å². The van der Waals surface area contributed by atoms with Crippen LogP contribution in [0.25, 0.3) is 5.65 Å². The molecule has 1 aliphatic heterocycles. The highest BCUT2D eigenvalue weighted by atomic mass is 16.2. The van der Waals surface area contributed by atoms with Gasteiger partial charge in [0, 0.05) is 55.3 Å². The minimum Gasteiger partial charge on any atom is -0.353 e. The average molecular weight is 398 g/mol. The zero-order valence-corrected chi connectivity index (χ0v) is 17.9. The third-order valence-electron chi connectivity index (χ3n) is 5.64. The standard InChI is InChI=1S/C22H31N5O2/c1-6-10-23-21(28)8-7-18-15(4)24-20-12-19(25-27(20)16(18)5)17-9-11-26(13-17)22(29)14(2)3/h6,12,14,17H,1,7-11,13H2,2-5H3,(H,23,28)/t17-/m1/s1. The number of likely N-dealkylation sites (tertiary alicyclic amines) is 1. The first-order valence-electron chi connectivity index (χ1n) is 10.3. The molecule has 3 heterocycles. The molecule has 1 aliphatic rings. The van der Waals surface area contributed by atoms with Crippen molar-refractivity contribution in [3.63, 3.8) is 0 Å². The van der Waals surface area contributed by atoms with Crippen molar-refractivity contribution < 1.29 is 9.59 Å². The molecule has 1 saturated heterocycles. The molecule has 7 nitrogen and oxygen atoms in total. The molecule has 0 aliphatic carbocycles. The number of nitrogens with one attached hydrogen (secondary N) is 1. The van der Waals surface area contributed by atoms with E-state index in [2.05, 4.69) is 11.9 Å². The van der Waals surface area contributed by atoms with Crippen molar-refractivity contribution in [3.05, 3.63) is 41.4 Å². The van der Waals surface area contributed by atoms with Gasteiger partial charge in [-0.05, 0) is 32.3 Å². The minimum absolute atomic E-state index is 0.00539. The Morgan fingerprint density at radius 1 is 1.38 bits per heavy atom. The van der Waals surface area contributed by atoms with Gasteiger partial charge in [0.2, 0.25) is 11.8 Å². The van der Waals surface area contributed by atoms with Crippen molar-refractivity contribution in [3.8, 4) is 0 Å². The molecular weight excluding hydrogens is 366 g/mol. The first-order chi connectivity index (χ1) is 13.8. The van der Waals surface area contributed by atoms with Gasteiger partial charge in [0.15, 0.2) is 5.65 Å². The van der Waals surface area contributed by atoms with Crippen LogP contribution in [0.1, 0.15) is 55.3 Å². The highest BCUT2D eigenvalue weighted by Gasteiger charge is 2.30. The maximum absolute atomic E-state index is 12.3. The number of fused-ring (bicyclic) bond motifs is 1. The Labute approximate surface area is 172 Å². The van der Waals surface area contributed by atoms with Crippen LogP contribution in [0.3, 0.4) is 0 Å². The number of carbonyl (C=O) groups is 2. The van der Waals surface area contributed by atoms with Crippen LogP contribution in [0.5, 0.6) is 0 Å². The van der Waals surface area contributed by atoms with E-state index >= 15 is 0 Å². The summed E-state index contributed by atoms with van der Waals surface area (Å²) in [5.41, 5.74) is 4.82. The van der Waals surface area contributed by atoms with Crippen LogP contribution in [0.4, 0.5) is 0 Å². The van der Waals surface area contributed by atoms with Gasteiger partial charge in [-0.15, -0.1) is 6.58 Å². The third kappa shape index (κ3) is 4.49. The fraction of sp³-hybridized carbons (Fsp3) is 0.545. The zero-order chi connectivity index (χ0) is 21.1. The fourth-order valence-corrected chi connectivity index (χ4v) is 3.99. The molecule has 3 rings (SSSR count). The van der Waals surface area contributed by atoms with Gasteiger partial charge >= 0.3 is 0 Å². The molecule has 0 spiro atoms. The van der Waals surface area contributed by atoms with E-state index in [4.69, 9.17) is 10.1 Å². The Morgan fingerprint density at radius 3 is 2.83 bits per heavy atom. The first kappa shape index (κ1) is 21.0. The largest absolute Gasteiger partial charge is 0.353 e. The van der Waals surface area contributed by atoms with E-state index in [1.165, 1.54) is 0 Å². The maximum Gasteiger partial charge on any atom is 0.225 e. The molecule has 2 aromatic heterocycles.